The lowest BCUT2D eigenvalue weighted by atomic mass is 10.0. The van der Waals surface area contributed by atoms with E-state index in [0.29, 0.717) is 53.7 Å². The number of anilines is 1. The molecule has 3 heterocycles. The molecule has 1 saturated heterocycles. The van der Waals surface area contributed by atoms with Crippen LogP contribution in [0, 0.1) is 0 Å². The number of halogens is 2. The van der Waals surface area contributed by atoms with E-state index < -0.39 is 11.7 Å². The molecule has 13 heteroatoms. The second kappa shape index (κ2) is 12.1. The number of rotatable bonds is 8. The summed E-state index contributed by atoms with van der Waals surface area (Å²) in [4.78, 5) is 37.1. The van der Waals surface area contributed by atoms with Crippen LogP contribution in [0.4, 0.5) is 10.7 Å². The molecule has 0 saturated carbocycles. The van der Waals surface area contributed by atoms with Crippen LogP contribution < -0.4 is 25.7 Å². The van der Waals surface area contributed by atoms with Crippen molar-refractivity contribution in [1.82, 2.24) is 24.8 Å². The summed E-state index contributed by atoms with van der Waals surface area (Å²) in [5.74, 6) is 0.941. The molecule has 0 bridgehead atoms. The minimum absolute atomic E-state index is 0.113. The second-order valence-corrected chi connectivity index (χ2v) is 11.4. The largest absolute Gasteiger partial charge is 0.495 e. The van der Waals surface area contributed by atoms with E-state index in [2.05, 4.69) is 27.2 Å². The molecule has 1 aromatic carbocycles. The monoisotopic (exact) mass is 604 g/mol. The smallest absolute Gasteiger partial charge is 0.410 e. The van der Waals surface area contributed by atoms with E-state index in [-0.39, 0.29) is 33.3 Å². The SMILES string of the molecule is C=CCNC1CN(C(=O)OC(C)(C)C)CC1Nc1ncc2cc(-c3c(Cl)c(OC)cc(OC)c3Cl)c(=O)n(C)c2n1. The number of aromatic nitrogens is 3. The van der Waals surface area contributed by atoms with Crippen molar-refractivity contribution in [3.8, 4) is 22.6 Å². The summed E-state index contributed by atoms with van der Waals surface area (Å²) in [7, 11) is 4.54. The lowest BCUT2D eigenvalue weighted by molar-refractivity contribution is 0.0290. The maximum Gasteiger partial charge on any atom is 0.410 e. The van der Waals surface area contributed by atoms with E-state index in [1.807, 2.05) is 20.8 Å². The van der Waals surface area contributed by atoms with E-state index in [4.69, 9.17) is 37.4 Å². The topological polar surface area (TPSA) is 120 Å². The van der Waals surface area contributed by atoms with Crippen LogP contribution in [0.25, 0.3) is 22.2 Å². The third kappa shape index (κ3) is 6.37. The summed E-state index contributed by atoms with van der Waals surface area (Å²) in [5.41, 5.74) is -0.0466. The van der Waals surface area contributed by atoms with Crippen LogP contribution in [0.5, 0.6) is 11.5 Å². The van der Waals surface area contributed by atoms with Gasteiger partial charge in [0.05, 0.1) is 35.9 Å². The minimum Gasteiger partial charge on any atom is -0.495 e. The number of aryl methyl sites for hydroxylation is 1. The quantitative estimate of drug-likeness (QED) is 0.358. The Morgan fingerprint density at radius 3 is 2.37 bits per heavy atom. The van der Waals surface area contributed by atoms with Gasteiger partial charge in [0.2, 0.25) is 5.95 Å². The molecule has 2 aromatic heterocycles. The molecule has 2 unspecified atom stereocenters. The highest BCUT2D eigenvalue weighted by molar-refractivity contribution is 6.41. The molecule has 3 aromatic rings. The van der Waals surface area contributed by atoms with Crippen molar-refractivity contribution >= 4 is 46.3 Å². The summed E-state index contributed by atoms with van der Waals surface area (Å²) >= 11 is 13.2. The number of amides is 1. The van der Waals surface area contributed by atoms with E-state index in [1.54, 1.807) is 36.4 Å². The van der Waals surface area contributed by atoms with Crippen molar-refractivity contribution in [2.75, 3.05) is 39.2 Å². The van der Waals surface area contributed by atoms with Crippen molar-refractivity contribution < 1.29 is 19.0 Å². The van der Waals surface area contributed by atoms with Crippen molar-refractivity contribution in [3.63, 3.8) is 0 Å². The van der Waals surface area contributed by atoms with Gasteiger partial charge in [-0.1, -0.05) is 29.3 Å². The molecule has 0 radical (unpaired) electrons. The molecule has 4 rings (SSSR count). The first-order valence-electron chi connectivity index (χ1n) is 12.9. The van der Waals surface area contributed by atoms with Crippen LogP contribution in [-0.4, -0.2) is 77.1 Å². The summed E-state index contributed by atoms with van der Waals surface area (Å²) in [6.07, 6.45) is 2.97. The highest BCUT2D eigenvalue weighted by Crippen LogP contribution is 2.45. The molecule has 0 spiro atoms. The molecule has 2 N–H and O–H groups in total. The molecule has 2 atom stereocenters. The van der Waals surface area contributed by atoms with E-state index in [1.165, 1.54) is 18.8 Å². The Hall–Kier alpha value is -3.54. The van der Waals surface area contributed by atoms with Crippen LogP contribution in [-0.2, 0) is 11.8 Å². The van der Waals surface area contributed by atoms with Gasteiger partial charge in [0, 0.05) is 55.9 Å². The van der Waals surface area contributed by atoms with E-state index in [0.717, 1.165) is 0 Å². The molecule has 0 aliphatic carbocycles. The first kappa shape index (κ1) is 30.4. The van der Waals surface area contributed by atoms with Gasteiger partial charge in [0.1, 0.15) is 22.7 Å². The first-order valence-corrected chi connectivity index (χ1v) is 13.7. The predicted octanol–water partition coefficient (Wildman–Crippen LogP) is 4.49. The summed E-state index contributed by atoms with van der Waals surface area (Å²) in [6.45, 7) is 10.6. The van der Waals surface area contributed by atoms with Crippen LogP contribution in [0.1, 0.15) is 20.8 Å². The lowest BCUT2D eigenvalue weighted by Gasteiger charge is -2.24. The minimum atomic E-state index is -0.609. The standard InChI is InChI=1S/C28H34Cl2N6O5/c1-8-9-31-17-13-36(27(38)41-28(2,3)4)14-18(17)33-26-32-12-15-10-16(25(37)35(5)24(15)34-26)21-22(29)19(39-6)11-20(40-7)23(21)30/h8,10-12,17-18,31H,1,9,13-14H2,2-7H3,(H,32,33,34). The van der Waals surface area contributed by atoms with Crippen molar-refractivity contribution in [2.45, 2.75) is 38.5 Å². The maximum absolute atomic E-state index is 13.6. The van der Waals surface area contributed by atoms with Gasteiger partial charge in [-0.3, -0.25) is 9.36 Å². The van der Waals surface area contributed by atoms with Crippen molar-refractivity contribution in [1.29, 1.82) is 0 Å². The van der Waals surface area contributed by atoms with Gasteiger partial charge in [0.15, 0.2) is 0 Å². The highest BCUT2D eigenvalue weighted by Gasteiger charge is 2.37. The van der Waals surface area contributed by atoms with Gasteiger partial charge in [0.25, 0.3) is 5.56 Å². The number of benzene rings is 1. The fourth-order valence-corrected chi connectivity index (χ4v) is 5.35. The van der Waals surface area contributed by atoms with Gasteiger partial charge < -0.3 is 29.7 Å². The predicted molar refractivity (Wildman–Crippen MR) is 161 cm³/mol. The van der Waals surface area contributed by atoms with Gasteiger partial charge in [-0.2, -0.15) is 4.98 Å². The number of ether oxygens (including phenoxy) is 3. The Morgan fingerprint density at radius 1 is 1.15 bits per heavy atom. The van der Waals surface area contributed by atoms with Crippen LogP contribution in [0.3, 0.4) is 0 Å². The number of carbonyl (C=O) groups is 1. The Balaban J connectivity index is 1.69. The number of likely N-dealkylation sites (tertiary alicyclic amines) is 1. The average Bonchev–Trinajstić information content (AvgIpc) is 3.32. The molecule has 11 nitrogen and oxygen atoms in total. The normalized spacial score (nSPS) is 17.0. The van der Waals surface area contributed by atoms with Crippen molar-refractivity contribution in [3.05, 3.63) is 51.4 Å². The number of methoxy groups -OCH3 is 2. The Bertz CT molecular complexity index is 1510. The number of fused-ring (bicyclic) bond motifs is 1. The Kier molecular flexibility index (Phi) is 9.00. The molecule has 220 valence electrons. The lowest BCUT2D eigenvalue weighted by Crippen LogP contribution is -2.43. The fraction of sp³-hybridized carbons (Fsp3) is 0.429. The number of pyridine rings is 1. The number of hydrogen-bond donors (Lipinski definition) is 2. The molecule has 1 aliphatic heterocycles. The summed E-state index contributed by atoms with van der Waals surface area (Å²) in [6, 6.07) is 2.86. The number of nitrogens with zero attached hydrogens (tertiary/aromatic N) is 4. The molecular formula is C28H34Cl2N6O5. The molecule has 1 fully saturated rings. The fourth-order valence-electron chi connectivity index (χ4n) is 4.65. The van der Waals surface area contributed by atoms with Gasteiger partial charge in [-0.15, -0.1) is 6.58 Å². The zero-order valence-corrected chi connectivity index (χ0v) is 25.4. The number of hydrogen-bond acceptors (Lipinski definition) is 9. The number of nitrogens with one attached hydrogen (secondary N) is 2. The van der Waals surface area contributed by atoms with Crippen LogP contribution >= 0.6 is 23.2 Å². The Labute approximate surface area is 248 Å². The summed E-state index contributed by atoms with van der Waals surface area (Å²) < 4.78 is 17.7. The van der Waals surface area contributed by atoms with Crippen LogP contribution in [0.15, 0.2) is 35.8 Å². The zero-order chi connectivity index (χ0) is 30.1. The molecule has 1 amide bonds. The third-order valence-corrected chi connectivity index (χ3v) is 7.35. The molecular weight excluding hydrogens is 571 g/mol. The average molecular weight is 606 g/mol. The van der Waals surface area contributed by atoms with E-state index >= 15 is 0 Å². The second-order valence-electron chi connectivity index (χ2n) is 10.6. The van der Waals surface area contributed by atoms with Gasteiger partial charge >= 0.3 is 6.09 Å². The molecule has 1 aliphatic rings. The zero-order valence-electron chi connectivity index (χ0n) is 23.9. The summed E-state index contributed by atoms with van der Waals surface area (Å²) in [5, 5.41) is 7.65. The highest BCUT2D eigenvalue weighted by atomic mass is 35.5. The maximum atomic E-state index is 13.6. The van der Waals surface area contributed by atoms with Crippen molar-refractivity contribution in [2.24, 2.45) is 7.05 Å². The Morgan fingerprint density at radius 2 is 1.78 bits per heavy atom. The van der Waals surface area contributed by atoms with Crippen LogP contribution in [0.2, 0.25) is 10.0 Å². The number of carbonyl (C=O) groups excluding carboxylic acids is 1. The van der Waals surface area contributed by atoms with E-state index in [9.17, 15) is 9.59 Å². The molecule has 41 heavy (non-hydrogen) atoms. The van der Waals surface area contributed by atoms with Gasteiger partial charge in [-0.25, -0.2) is 9.78 Å². The van der Waals surface area contributed by atoms with Gasteiger partial charge in [-0.05, 0) is 26.8 Å². The first-order chi connectivity index (χ1) is 19.4. The third-order valence-electron chi connectivity index (χ3n) is 6.60.